The van der Waals surface area contributed by atoms with E-state index in [0.717, 1.165) is 16.9 Å². The first-order valence-corrected chi connectivity index (χ1v) is 9.76. The summed E-state index contributed by atoms with van der Waals surface area (Å²) < 4.78 is 5.96. The Balaban J connectivity index is 1.62. The van der Waals surface area contributed by atoms with Crippen LogP contribution in [0.15, 0.2) is 48.5 Å². The van der Waals surface area contributed by atoms with Gasteiger partial charge in [-0.2, -0.15) is 0 Å². The van der Waals surface area contributed by atoms with Gasteiger partial charge in [-0.15, -0.1) is 0 Å². The molecular weight excluding hydrogens is 352 g/mol. The molecule has 5 heteroatoms. The fraction of sp³-hybridized carbons (Fsp3) is 0.391. The van der Waals surface area contributed by atoms with Crippen molar-refractivity contribution in [3.8, 4) is 5.75 Å². The highest BCUT2D eigenvalue weighted by atomic mass is 16.5. The maximum Gasteiger partial charge on any atom is 0.263 e. The zero-order chi connectivity index (χ0) is 20.3. The van der Waals surface area contributed by atoms with Crippen molar-refractivity contribution in [1.82, 2.24) is 9.80 Å². The van der Waals surface area contributed by atoms with Crippen molar-refractivity contribution in [3.05, 3.63) is 65.2 Å². The molecule has 0 N–H and O–H groups in total. The molecule has 148 valence electrons. The van der Waals surface area contributed by atoms with E-state index in [4.69, 9.17) is 4.74 Å². The van der Waals surface area contributed by atoms with E-state index in [1.54, 1.807) is 6.92 Å². The Morgan fingerprint density at radius 3 is 2.43 bits per heavy atom. The van der Waals surface area contributed by atoms with Crippen LogP contribution in [-0.2, 0) is 4.79 Å². The molecule has 2 atom stereocenters. The second-order valence-electron chi connectivity index (χ2n) is 7.46. The van der Waals surface area contributed by atoms with Gasteiger partial charge in [-0.25, -0.2) is 0 Å². The third kappa shape index (κ3) is 4.19. The predicted molar refractivity (Wildman–Crippen MR) is 110 cm³/mol. The van der Waals surface area contributed by atoms with Gasteiger partial charge < -0.3 is 14.5 Å². The fourth-order valence-corrected chi connectivity index (χ4v) is 3.56. The van der Waals surface area contributed by atoms with Crippen LogP contribution in [0.1, 0.15) is 35.3 Å². The van der Waals surface area contributed by atoms with Gasteiger partial charge in [0.15, 0.2) is 6.10 Å². The van der Waals surface area contributed by atoms with Crippen LogP contribution in [0.5, 0.6) is 5.75 Å². The minimum Gasteiger partial charge on any atom is -0.481 e. The smallest absolute Gasteiger partial charge is 0.263 e. The number of amides is 2. The molecule has 1 aliphatic rings. The second-order valence-corrected chi connectivity index (χ2v) is 7.46. The summed E-state index contributed by atoms with van der Waals surface area (Å²) >= 11 is 0. The van der Waals surface area contributed by atoms with E-state index in [1.807, 2.05) is 79.1 Å². The summed E-state index contributed by atoms with van der Waals surface area (Å²) in [5.74, 6) is 0.714. The van der Waals surface area contributed by atoms with Crippen molar-refractivity contribution >= 4 is 11.8 Å². The topological polar surface area (TPSA) is 49.9 Å². The Labute approximate surface area is 166 Å². The van der Waals surface area contributed by atoms with Gasteiger partial charge in [0.2, 0.25) is 0 Å². The summed E-state index contributed by atoms with van der Waals surface area (Å²) in [6.45, 7) is 9.36. The van der Waals surface area contributed by atoms with Crippen LogP contribution in [0.2, 0.25) is 0 Å². The minimum atomic E-state index is -0.570. The Hall–Kier alpha value is -2.82. The molecule has 0 aliphatic carbocycles. The van der Waals surface area contributed by atoms with Crippen LogP contribution in [0.3, 0.4) is 0 Å². The van der Waals surface area contributed by atoms with Crippen molar-refractivity contribution in [1.29, 1.82) is 0 Å². The Morgan fingerprint density at radius 1 is 1.04 bits per heavy atom. The van der Waals surface area contributed by atoms with Crippen molar-refractivity contribution in [3.63, 3.8) is 0 Å². The lowest BCUT2D eigenvalue weighted by molar-refractivity contribution is -0.142. The highest BCUT2D eigenvalue weighted by Crippen LogP contribution is 2.23. The summed E-state index contributed by atoms with van der Waals surface area (Å²) in [4.78, 5) is 29.3. The monoisotopic (exact) mass is 380 g/mol. The predicted octanol–water partition coefficient (Wildman–Crippen LogP) is 3.44. The standard InChI is InChI=1S/C23H28N2O3/c1-16-9-8-12-21(18(16)3)28-19(4)22(26)25-14-13-24(15-17(25)2)23(27)20-10-6-5-7-11-20/h5-12,17,19H,13-15H2,1-4H3/t17-,19-/m1/s1. The molecule has 1 aliphatic heterocycles. The number of carbonyl (C=O) groups is 2. The lowest BCUT2D eigenvalue weighted by atomic mass is 10.1. The average molecular weight is 380 g/mol. The van der Waals surface area contributed by atoms with E-state index < -0.39 is 6.10 Å². The summed E-state index contributed by atoms with van der Waals surface area (Å²) in [6.07, 6.45) is -0.570. The van der Waals surface area contributed by atoms with Gasteiger partial charge in [0.05, 0.1) is 0 Å². The minimum absolute atomic E-state index is 0.0132. The molecule has 3 rings (SSSR count). The molecule has 28 heavy (non-hydrogen) atoms. The van der Waals surface area contributed by atoms with Gasteiger partial charge >= 0.3 is 0 Å². The molecule has 0 spiro atoms. The van der Waals surface area contributed by atoms with Crippen molar-refractivity contribution < 1.29 is 14.3 Å². The fourth-order valence-electron chi connectivity index (χ4n) is 3.56. The number of hydrogen-bond acceptors (Lipinski definition) is 3. The van der Waals surface area contributed by atoms with Crippen LogP contribution < -0.4 is 4.74 Å². The highest BCUT2D eigenvalue weighted by Gasteiger charge is 2.33. The van der Waals surface area contributed by atoms with E-state index in [1.165, 1.54) is 0 Å². The molecule has 1 saturated heterocycles. The van der Waals surface area contributed by atoms with Crippen LogP contribution >= 0.6 is 0 Å². The summed E-state index contributed by atoms with van der Waals surface area (Å²) in [5.41, 5.74) is 2.87. The van der Waals surface area contributed by atoms with Crippen molar-refractivity contribution in [2.45, 2.75) is 39.8 Å². The summed E-state index contributed by atoms with van der Waals surface area (Å²) in [6, 6.07) is 15.1. The quantitative estimate of drug-likeness (QED) is 0.816. The zero-order valence-electron chi connectivity index (χ0n) is 17.0. The van der Waals surface area contributed by atoms with Crippen LogP contribution in [0.4, 0.5) is 0 Å². The maximum absolute atomic E-state index is 13.0. The third-order valence-corrected chi connectivity index (χ3v) is 5.42. The average Bonchev–Trinajstić information content (AvgIpc) is 2.71. The van der Waals surface area contributed by atoms with E-state index in [0.29, 0.717) is 25.2 Å². The number of ether oxygens (including phenoxy) is 1. The second kappa shape index (κ2) is 8.46. The molecule has 1 fully saturated rings. The first-order chi connectivity index (χ1) is 13.4. The van der Waals surface area contributed by atoms with Crippen LogP contribution in [-0.4, -0.2) is 53.4 Å². The highest BCUT2D eigenvalue weighted by molar-refractivity contribution is 5.94. The molecule has 0 aromatic heterocycles. The van der Waals surface area contributed by atoms with E-state index in [9.17, 15) is 9.59 Å². The molecule has 0 radical (unpaired) electrons. The molecule has 2 aromatic rings. The number of benzene rings is 2. The lowest BCUT2D eigenvalue weighted by Crippen LogP contribution is -2.57. The summed E-state index contributed by atoms with van der Waals surface area (Å²) in [7, 11) is 0. The van der Waals surface area contributed by atoms with Gasteiger partial charge in [-0.05, 0) is 57.0 Å². The normalized spacial score (nSPS) is 17.9. The van der Waals surface area contributed by atoms with E-state index in [2.05, 4.69) is 0 Å². The van der Waals surface area contributed by atoms with Gasteiger partial charge in [0, 0.05) is 31.2 Å². The van der Waals surface area contributed by atoms with E-state index >= 15 is 0 Å². The van der Waals surface area contributed by atoms with Crippen molar-refractivity contribution in [2.75, 3.05) is 19.6 Å². The molecule has 0 bridgehead atoms. The molecule has 0 saturated carbocycles. The lowest BCUT2D eigenvalue weighted by Gasteiger charge is -2.40. The Bertz CT molecular complexity index is 850. The molecule has 1 heterocycles. The number of carbonyl (C=O) groups excluding carboxylic acids is 2. The number of hydrogen-bond donors (Lipinski definition) is 0. The van der Waals surface area contributed by atoms with Gasteiger partial charge in [0.1, 0.15) is 5.75 Å². The Kier molecular flexibility index (Phi) is 6.02. The van der Waals surface area contributed by atoms with Crippen molar-refractivity contribution in [2.24, 2.45) is 0 Å². The number of aryl methyl sites for hydroxylation is 1. The first kappa shape index (κ1) is 19.9. The first-order valence-electron chi connectivity index (χ1n) is 9.76. The molecule has 0 unspecified atom stereocenters. The zero-order valence-corrected chi connectivity index (χ0v) is 17.0. The molecule has 5 nitrogen and oxygen atoms in total. The Morgan fingerprint density at radius 2 is 1.75 bits per heavy atom. The largest absolute Gasteiger partial charge is 0.481 e. The number of nitrogens with zero attached hydrogens (tertiary/aromatic N) is 2. The van der Waals surface area contributed by atoms with E-state index in [-0.39, 0.29) is 17.9 Å². The van der Waals surface area contributed by atoms with Gasteiger partial charge in [-0.3, -0.25) is 9.59 Å². The van der Waals surface area contributed by atoms with Gasteiger partial charge in [0.25, 0.3) is 11.8 Å². The third-order valence-electron chi connectivity index (χ3n) is 5.42. The molecule has 2 amide bonds. The summed E-state index contributed by atoms with van der Waals surface area (Å²) in [5, 5.41) is 0. The molecular formula is C23H28N2O3. The van der Waals surface area contributed by atoms with Crippen LogP contribution in [0, 0.1) is 13.8 Å². The molecule has 2 aromatic carbocycles. The SMILES string of the molecule is Cc1cccc(O[C@H](C)C(=O)N2CCN(C(=O)c3ccccc3)C[C@H]2C)c1C. The maximum atomic E-state index is 13.0. The van der Waals surface area contributed by atoms with Crippen LogP contribution in [0.25, 0.3) is 0 Å². The number of rotatable bonds is 4. The number of piperazine rings is 1. The van der Waals surface area contributed by atoms with Gasteiger partial charge in [-0.1, -0.05) is 30.3 Å².